The van der Waals surface area contributed by atoms with E-state index >= 15 is 0 Å². The van der Waals surface area contributed by atoms with Gasteiger partial charge in [-0.1, -0.05) is 57.6 Å². The summed E-state index contributed by atoms with van der Waals surface area (Å²) in [6.07, 6.45) is 14.0. The van der Waals surface area contributed by atoms with Crippen molar-refractivity contribution in [2.24, 2.45) is 0 Å². The van der Waals surface area contributed by atoms with Crippen molar-refractivity contribution in [2.45, 2.75) is 70.6 Å². The molecule has 152 valence electrons. The van der Waals surface area contributed by atoms with Crippen LogP contribution in [-0.2, 0) is 11.2 Å². The molecule has 0 saturated carbocycles. The van der Waals surface area contributed by atoms with Gasteiger partial charge in [0.2, 0.25) is 0 Å². The van der Waals surface area contributed by atoms with Gasteiger partial charge in [-0.3, -0.25) is 0 Å². The topological polar surface area (TPSA) is 52.1 Å². The molecule has 4 nitrogen and oxygen atoms in total. The fraction of sp³-hybridized carbons (Fsp3) is 0.522. The van der Waals surface area contributed by atoms with Gasteiger partial charge in [-0.2, -0.15) is 0 Å². The van der Waals surface area contributed by atoms with Crippen molar-refractivity contribution in [2.75, 3.05) is 6.61 Å². The number of unbranched alkanes of at least 4 members (excludes halogenated alkanes) is 6. The number of esters is 1. The van der Waals surface area contributed by atoms with Gasteiger partial charge in [0.15, 0.2) is 5.82 Å². The fourth-order valence-electron chi connectivity index (χ4n) is 2.95. The summed E-state index contributed by atoms with van der Waals surface area (Å²) in [6, 6.07) is 7.14. The zero-order valence-corrected chi connectivity index (χ0v) is 17.8. The van der Waals surface area contributed by atoms with Gasteiger partial charge in [0.1, 0.15) is 6.61 Å². The van der Waals surface area contributed by atoms with E-state index in [0.29, 0.717) is 11.4 Å². The quantitative estimate of drug-likeness (QED) is 0.240. The maximum atomic E-state index is 11.9. The molecule has 0 aliphatic rings. The van der Waals surface area contributed by atoms with Gasteiger partial charge in [-0.25, -0.2) is 14.8 Å². The Kier molecular flexibility index (Phi) is 9.98. The molecule has 0 N–H and O–H groups in total. The Balaban J connectivity index is 1.80. The monoisotopic (exact) mass is 402 g/mol. The van der Waals surface area contributed by atoms with Gasteiger partial charge in [0.25, 0.3) is 0 Å². The van der Waals surface area contributed by atoms with E-state index in [0.717, 1.165) is 12.0 Å². The van der Waals surface area contributed by atoms with Gasteiger partial charge in [0.05, 0.1) is 10.9 Å². The lowest BCUT2D eigenvalue weighted by Gasteiger charge is -2.07. The first-order chi connectivity index (χ1) is 13.6. The third kappa shape index (κ3) is 7.97. The van der Waals surface area contributed by atoms with E-state index in [1.807, 2.05) is 24.5 Å². The Hall–Kier alpha value is -1.94. The summed E-state index contributed by atoms with van der Waals surface area (Å²) in [7, 11) is 0. The largest absolute Gasteiger partial charge is 0.461 e. The summed E-state index contributed by atoms with van der Waals surface area (Å²) in [5.74, 6) is 0.294. The van der Waals surface area contributed by atoms with Crippen molar-refractivity contribution in [3.63, 3.8) is 0 Å². The van der Waals surface area contributed by atoms with Crippen molar-refractivity contribution in [1.82, 2.24) is 9.97 Å². The minimum atomic E-state index is -0.370. The first kappa shape index (κ1) is 22.4. The number of carbonyl (C=O) groups is 1. The standard InChI is InChI=1S/C23H31ClN2O2/c1-3-4-5-6-7-8-9-10-19-15-25-22(26-16-19)20-11-13-21(14-12-20)23(27)28-17-18(2)24/h11-16,18H,3-10,17H2,1-2H3/t18-/m1/s1. The van der Waals surface area contributed by atoms with E-state index in [2.05, 4.69) is 16.9 Å². The van der Waals surface area contributed by atoms with Crippen molar-refractivity contribution in [3.05, 3.63) is 47.8 Å². The van der Waals surface area contributed by atoms with E-state index in [9.17, 15) is 4.79 Å². The second-order valence-electron chi connectivity index (χ2n) is 7.24. The molecule has 1 aromatic carbocycles. The number of hydrogen-bond donors (Lipinski definition) is 0. The molecule has 0 aliphatic heterocycles. The number of halogens is 1. The summed E-state index contributed by atoms with van der Waals surface area (Å²) in [6.45, 7) is 4.23. The van der Waals surface area contributed by atoms with Crippen LogP contribution in [-0.4, -0.2) is 27.9 Å². The second kappa shape index (κ2) is 12.5. The highest BCUT2D eigenvalue weighted by Gasteiger charge is 2.09. The highest BCUT2D eigenvalue weighted by Crippen LogP contribution is 2.17. The van der Waals surface area contributed by atoms with Crippen molar-refractivity contribution >= 4 is 17.6 Å². The zero-order chi connectivity index (χ0) is 20.2. The maximum absolute atomic E-state index is 11.9. The summed E-state index contributed by atoms with van der Waals surface area (Å²) >= 11 is 5.80. The number of aromatic nitrogens is 2. The SMILES string of the molecule is CCCCCCCCCc1cnc(-c2ccc(C(=O)OC[C@@H](C)Cl)cc2)nc1. The lowest BCUT2D eigenvalue weighted by Crippen LogP contribution is -2.11. The Morgan fingerprint density at radius 1 is 1.00 bits per heavy atom. The Morgan fingerprint density at radius 3 is 2.21 bits per heavy atom. The predicted octanol–water partition coefficient (Wildman–Crippen LogP) is 6.22. The van der Waals surface area contributed by atoms with Gasteiger partial charge >= 0.3 is 5.97 Å². The van der Waals surface area contributed by atoms with E-state index in [4.69, 9.17) is 16.3 Å². The minimum Gasteiger partial charge on any atom is -0.461 e. The first-order valence-electron chi connectivity index (χ1n) is 10.3. The van der Waals surface area contributed by atoms with Crippen LogP contribution in [0.15, 0.2) is 36.7 Å². The van der Waals surface area contributed by atoms with Gasteiger partial charge < -0.3 is 4.74 Å². The Bertz CT molecular complexity index is 700. The molecule has 0 amide bonds. The molecule has 2 rings (SSSR count). The molecule has 0 unspecified atom stereocenters. The molecule has 0 spiro atoms. The van der Waals surface area contributed by atoms with Crippen LogP contribution in [0.5, 0.6) is 0 Å². The van der Waals surface area contributed by atoms with Crippen LogP contribution in [0.1, 0.15) is 74.7 Å². The molecule has 2 aromatic rings. The average Bonchev–Trinajstić information content (AvgIpc) is 2.72. The number of hydrogen-bond acceptors (Lipinski definition) is 4. The van der Waals surface area contributed by atoms with E-state index in [1.54, 1.807) is 19.1 Å². The van der Waals surface area contributed by atoms with Crippen LogP contribution < -0.4 is 0 Å². The molecule has 0 fully saturated rings. The third-order valence-electron chi connectivity index (χ3n) is 4.60. The normalized spacial score (nSPS) is 12.0. The van der Waals surface area contributed by atoms with Gasteiger partial charge in [-0.05, 0) is 37.5 Å². The molecule has 1 atom stereocenters. The van der Waals surface area contributed by atoms with E-state index in [1.165, 1.54) is 50.5 Å². The smallest absolute Gasteiger partial charge is 0.338 e. The van der Waals surface area contributed by atoms with Crippen LogP contribution >= 0.6 is 11.6 Å². The molecule has 28 heavy (non-hydrogen) atoms. The number of benzene rings is 1. The number of rotatable bonds is 12. The molecule has 0 aliphatic carbocycles. The van der Waals surface area contributed by atoms with Gasteiger partial charge in [-0.15, -0.1) is 11.6 Å². The van der Waals surface area contributed by atoms with Crippen LogP contribution in [0.4, 0.5) is 0 Å². The lowest BCUT2D eigenvalue weighted by atomic mass is 10.1. The Morgan fingerprint density at radius 2 is 1.61 bits per heavy atom. The maximum Gasteiger partial charge on any atom is 0.338 e. The molecule has 0 bridgehead atoms. The second-order valence-corrected chi connectivity index (χ2v) is 7.99. The van der Waals surface area contributed by atoms with Crippen LogP contribution in [0, 0.1) is 0 Å². The van der Waals surface area contributed by atoms with Crippen molar-refractivity contribution in [1.29, 1.82) is 0 Å². The summed E-state index contributed by atoms with van der Waals surface area (Å²) in [5, 5.41) is -0.198. The molecule has 5 heteroatoms. The zero-order valence-electron chi connectivity index (χ0n) is 17.0. The molecule has 0 saturated heterocycles. The molecule has 1 aromatic heterocycles. The van der Waals surface area contributed by atoms with Crippen LogP contribution in [0.3, 0.4) is 0 Å². The third-order valence-corrected chi connectivity index (χ3v) is 4.72. The number of ether oxygens (including phenoxy) is 1. The highest BCUT2D eigenvalue weighted by atomic mass is 35.5. The average molecular weight is 403 g/mol. The number of nitrogens with zero attached hydrogens (tertiary/aromatic N) is 2. The van der Waals surface area contributed by atoms with Gasteiger partial charge in [0, 0.05) is 18.0 Å². The van der Waals surface area contributed by atoms with E-state index in [-0.39, 0.29) is 18.0 Å². The highest BCUT2D eigenvalue weighted by molar-refractivity contribution is 6.20. The van der Waals surface area contributed by atoms with Crippen molar-refractivity contribution < 1.29 is 9.53 Å². The molecule has 0 radical (unpaired) electrons. The molecular formula is C23H31ClN2O2. The lowest BCUT2D eigenvalue weighted by molar-refractivity contribution is 0.0508. The van der Waals surface area contributed by atoms with E-state index < -0.39 is 0 Å². The Labute approximate surface area is 173 Å². The fourth-order valence-corrected chi connectivity index (χ4v) is 3.01. The van der Waals surface area contributed by atoms with Crippen LogP contribution in [0.2, 0.25) is 0 Å². The molecule has 1 heterocycles. The first-order valence-corrected chi connectivity index (χ1v) is 10.8. The minimum absolute atomic E-state index is 0.198. The predicted molar refractivity (Wildman–Crippen MR) is 115 cm³/mol. The number of carbonyl (C=O) groups excluding carboxylic acids is 1. The van der Waals surface area contributed by atoms with Crippen LogP contribution in [0.25, 0.3) is 11.4 Å². The summed E-state index contributed by atoms with van der Waals surface area (Å²) in [5.41, 5.74) is 2.55. The van der Waals surface area contributed by atoms with Crippen molar-refractivity contribution in [3.8, 4) is 11.4 Å². The molecular weight excluding hydrogens is 372 g/mol. The number of alkyl halides is 1. The summed E-state index contributed by atoms with van der Waals surface area (Å²) in [4.78, 5) is 20.9. The number of aryl methyl sites for hydroxylation is 1. The summed E-state index contributed by atoms with van der Waals surface area (Å²) < 4.78 is 5.12.